The molecule has 0 bridgehead atoms. The highest BCUT2D eigenvalue weighted by Gasteiger charge is 2.50. The van der Waals surface area contributed by atoms with E-state index in [-0.39, 0.29) is 11.8 Å². The predicted molar refractivity (Wildman–Crippen MR) is 79.2 cm³/mol. The van der Waals surface area contributed by atoms with Crippen LogP contribution in [0.2, 0.25) is 0 Å². The Bertz CT molecular complexity index is 633. The lowest BCUT2D eigenvalue weighted by Gasteiger charge is -2.32. The van der Waals surface area contributed by atoms with E-state index < -0.39 is 29.5 Å². The third-order valence-electron chi connectivity index (χ3n) is 4.94. The number of piperidine rings is 1. The molecule has 0 radical (unpaired) electrons. The second-order valence-corrected chi connectivity index (χ2v) is 6.51. The van der Waals surface area contributed by atoms with Gasteiger partial charge in [0, 0.05) is 13.1 Å². The molecule has 4 nitrogen and oxygen atoms in total. The van der Waals surface area contributed by atoms with Gasteiger partial charge in [-0.15, -0.1) is 0 Å². The predicted octanol–water partition coefficient (Wildman–Crippen LogP) is 3.13. The average molecular weight is 341 g/mol. The number of likely N-dealkylation sites (tertiary alicyclic amines) is 1. The van der Waals surface area contributed by atoms with Gasteiger partial charge < -0.3 is 10.0 Å². The van der Waals surface area contributed by atoms with Gasteiger partial charge in [0.05, 0.1) is 17.4 Å². The van der Waals surface area contributed by atoms with E-state index in [4.69, 9.17) is 5.11 Å². The largest absolute Gasteiger partial charge is 0.481 e. The van der Waals surface area contributed by atoms with E-state index in [1.165, 1.54) is 12.1 Å². The van der Waals surface area contributed by atoms with Crippen molar-refractivity contribution in [1.29, 1.82) is 0 Å². The SMILES string of the molecule is O=C(O)C1CC1C(=O)N1CCC(c2ccc(C(F)(F)F)cc2)CC1. The molecule has 1 saturated carbocycles. The van der Waals surface area contributed by atoms with E-state index in [1.54, 1.807) is 4.90 Å². The fourth-order valence-corrected chi connectivity index (χ4v) is 3.35. The second-order valence-electron chi connectivity index (χ2n) is 6.51. The van der Waals surface area contributed by atoms with Gasteiger partial charge in [0.15, 0.2) is 0 Å². The molecule has 7 heteroatoms. The van der Waals surface area contributed by atoms with Gasteiger partial charge in [-0.3, -0.25) is 9.59 Å². The summed E-state index contributed by atoms with van der Waals surface area (Å²) in [7, 11) is 0. The van der Waals surface area contributed by atoms with Crippen LogP contribution in [0.25, 0.3) is 0 Å². The van der Waals surface area contributed by atoms with Crippen LogP contribution in [0.4, 0.5) is 13.2 Å². The molecule has 1 saturated heterocycles. The van der Waals surface area contributed by atoms with Crippen molar-refractivity contribution in [3.63, 3.8) is 0 Å². The van der Waals surface area contributed by atoms with Gasteiger partial charge >= 0.3 is 12.1 Å². The van der Waals surface area contributed by atoms with Gasteiger partial charge in [-0.25, -0.2) is 0 Å². The van der Waals surface area contributed by atoms with Gasteiger partial charge in [0.1, 0.15) is 0 Å². The van der Waals surface area contributed by atoms with Gasteiger partial charge in [-0.05, 0) is 42.9 Å². The minimum Gasteiger partial charge on any atom is -0.481 e. The molecule has 0 spiro atoms. The number of hydrogen-bond donors (Lipinski definition) is 1. The van der Waals surface area contributed by atoms with E-state index in [0.717, 1.165) is 17.7 Å². The molecule has 2 unspecified atom stereocenters. The van der Waals surface area contributed by atoms with Crippen molar-refractivity contribution in [3.8, 4) is 0 Å². The van der Waals surface area contributed by atoms with Gasteiger partial charge in [0.2, 0.25) is 5.91 Å². The summed E-state index contributed by atoms with van der Waals surface area (Å²) in [5, 5.41) is 8.89. The molecular formula is C17H18F3NO3. The minimum atomic E-state index is -4.33. The molecule has 2 aliphatic rings. The number of hydrogen-bond acceptors (Lipinski definition) is 2. The molecule has 1 aliphatic carbocycles. The van der Waals surface area contributed by atoms with Crippen molar-refractivity contribution < 1.29 is 27.9 Å². The summed E-state index contributed by atoms with van der Waals surface area (Å²) in [5.41, 5.74) is 0.192. The van der Waals surface area contributed by atoms with Crippen LogP contribution >= 0.6 is 0 Å². The van der Waals surface area contributed by atoms with Crippen molar-refractivity contribution >= 4 is 11.9 Å². The molecule has 24 heavy (non-hydrogen) atoms. The molecule has 1 aromatic rings. The Hall–Kier alpha value is -2.05. The van der Waals surface area contributed by atoms with Crippen LogP contribution in [0.5, 0.6) is 0 Å². The van der Waals surface area contributed by atoms with Crippen LogP contribution in [-0.4, -0.2) is 35.0 Å². The number of carboxylic acids is 1. The fraction of sp³-hybridized carbons (Fsp3) is 0.529. The van der Waals surface area contributed by atoms with Crippen molar-refractivity contribution in [2.45, 2.75) is 31.4 Å². The summed E-state index contributed by atoms with van der Waals surface area (Å²) in [6, 6.07) is 5.20. The van der Waals surface area contributed by atoms with Crippen molar-refractivity contribution in [2.75, 3.05) is 13.1 Å². The summed E-state index contributed by atoms with van der Waals surface area (Å²) in [6.45, 7) is 1.04. The summed E-state index contributed by atoms with van der Waals surface area (Å²) in [4.78, 5) is 24.7. The van der Waals surface area contributed by atoms with E-state index in [9.17, 15) is 22.8 Å². The summed E-state index contributed by atoms with van der Waals surface area (Å²) in [5.74, 6) is -1.85. The standard InChI is InChI=1S/C17H18F3NO3/c18-17(19,20)12-3-1-10(2-4-12)11-5-7-21(8-6-11)15(22)13-9-14(13)16(23)24/h1-4,11,13-14H,5-9H2,(H,23,24). The van der Waals surface area contributed by atoms with Crippen molar-refractivity contribution in [3.05, 3.63) is 35.4 Å². The third-order valence-corrected chi connectivity index (χ3v) is 4.94. The third kappa shape index (κ3) is 3.39. The van der Waals surface area contributed by atoms with Crippen molar-refractivity contribution in [1.82, 2.24) is 4.90 Å². The Kier molecular flexibility index (Phi) is 4.27. The highest BCUT2D eigenvalue weighted by molar-refractivity contribution is 5.89. The molecular weight excluding hydrogens is 323 g/mol. The normalized spacial score (nSPS) is 24.7. The first-order valence-corrected chi connectivity index (χ1v) is 7.96. The van der Waals surface area contributed by atoms with Gasteiger partial charge in [-0.1, -0.05) is 12.1 Å². The lowest BCUT2D eigenvalue weighted by atomic mass is 9.89. The highest BCUT2D eigenvalue weighted by atomic mass is 19.4. The summed E-state index contributed by atoms with van der Waals surface area (Å²) >= 11 is 0. The Balaban J connectivity index is 1.55. The molecule has 2 fully saturated rings. The molecule has 1 N–H and O–H groups in total. The Morgan fingerprint density at radius 1 is 1.04 bits per heavy atom. The Labute approximate surface area is 137 Å². The minimum absolute atomic E-state index is 0.103. The zero-order chi connectivity index (χ0) is 17.5. The van der Waals surface area contributed by atoms with Crippen LogP contribution in [0.3, 0.4) is 0 Å². The number of carbonyl (C=O) groups is 2. The first-order valence-electron chi connectivity index (χ1n) is 7.96. The van der Waals surface area contributed by atoms with Crippen molar-refractivity contribution in [2.24, 2.45) is 11.8 Å². The summed E-state index contributed by atoms with van der Waals surface area (Å²) in [6.07, 6.45) is -2.56. The number of carboxylic acid groups (broad SMARTS) is 1. The van der Waals surface area contributed by atoms with Crippen LogP contribution in [0, 0.1) is 11.8 Å². The lowest BCUT2D eigenvalue weighted by molar-refractivity contribution is -0.142. The second kappa shape index (κ2) is 6.11. The monoisotopic (exact) mass is 341 g/mol. The maximum absolute atomic E-state index is 12.6. The van der Waals surface area contributed by atoms with E-state index in [2.05, 4.69) is 0 Å². The first-order chi connectivity index (χ1) is 11.3. The number of carbonyl (C=O) groups excluding carboxylic acids is 1. The number of rotatable bonds is 3. The topological polar surface area (TPSA) is 57.6 Å². The number of aliphatic carboxylic acids is 1. The summed E-state index contributed by atoms with van der Waals surface area (Å²) < 4.78 is 37.8. The van der Waals surface area contributed by atoms with Crippen LogP contribution < -0.4 is 0 Å². The molecule has 0 aromatic heterocycles. The van der Waals surface area contributed by atoms with E-state index in [0.29, 0.717) is 32.4 Å². The Morgan fingerprint density at radius 3 is 2.08 bits per heavy atom. The number of amides is 1. The number of benzene rings is 1. The van der Waals surface area contributed by atoms with E-state index >= 15 is 0 Å². The van der Waals surface area contributed by atoms with Crippen LogP contribution in [0.1, 0.15) is 36.3 Å². The zero-order valence-electron chi connectivity index (χ0n) is 12.9. The van der Waals surface area contributed by atoms with E-state index in [1.807, 2.05) is 0 Å². The maximum atomic E-state index is 12.6. The number of nitrogens with zero attached hydrogens (tertiary/aromatic N) is 1. The molecule has 1 aliphatic heterocycles. The quantitative estimate of drug-likeness (QED) is 0.919. The van der Waals surface area contributed by atoms with Gasteiger partial charge in [-0.2, -0.15) is 13.2 Å². The fourth-order valence-electron chi connectivity index (χ4n) is 3.35. The molecule has 1 heterocycles. The van der Waals surface area contributed by atoms with Crippen LogP contribution in [0.15, 0.2) is 24.3 Å². The molecule has 2 atom stereocenters. The zero-order valence-corrected chi connectivity index (χ0v) is 12.9. The molecule has 130 valence electrons. The number of halogens is 3. The van der Waals surface area contributed by atoms with Gasteiger partial charge in [0.25, 0.3) is 0 Å². The highest BCUT2D eigenvalue weighted by Crippen LogP contribution is 2.41. The maximum Gasteiger partial charge on any atom is 0.416 e. The van der Waals surface area contributed by atoms with Crippen LogP contribution in [-0.2, 0) is 15.8 Å². The number of alkyl halides is 3. The Morgan fingerprint density at radius 2 is 1.62 bits per heavy atom. The molecule has 1 amide bonds. The molecule has 1 aromatic carbocycles. The first kappa shape index (κ1) is 16.8. The average Bonchev–Trinajstić information content (AvgIpc) is 3.34. The smallest absolute Gasteiger partial charge is 0.416 e. The lowest BCUT2D eigenvalue weighted by Crippen LogP contribution is -2.39. The molecule has 3 rings (SSSR count).